The number of hydrogen-bond donors (Lipinski definition) is 3. The van der Waals surface area contributed by atoms with Gasteiger partial charge < -0.3 is 35.2 Å². The van der Waals surface area contributed by atoms with Gasteiger partial charge in [-0.1, -0.05) is 26.0 Å². The van der Waals surface area contributed by atoms with Gasteiger partial charge in [0.15, 0.2) is 0 Å². The van der Waals surface area contributed by atoms with Crippen LogP contribution in [0, 0.1) is 11.7 Å². The van der Waals surface area contributed by atoms with E-state index in [-0.39, 0.29) is 50.1 Å². The third-order valence-electron chi connectivity index (χ3n) is 6.75. The topological polar surface area (TPSA) is 126 Å². The molecule has 9 nitrogen and oxygen atoms in total. The standard InChI is InChI=1S/C28H46FN3O6S.ClH/c1-20(2)10-16-38-25-18-32(27(35)21-8-4-5-9-22(21)29)14-13-31(28(36)23(30)11-17-39-3)12-6-7-15-37-19-24(33)26(25)34;/h4-5,8-9,20,23-26,33-34H,6-7,10-19,30H2,1-3H3;1H/t23-,24+,25+,26+;/m0./s1. The van der Waals surface area contributed by atoms with E-state index in [1.54, 1.807) is 22.7 Å². The highest BCUT2D eigenvalue weighted by Crippen LogP contribution is 2.16. The van der Waals surface area contributed by atoms with E-state index in [0.717, 1.165) is 5.75 Å². The maximum absolute atomic E-state index is 14.6. The molecule has 4 N–H and O–H groups in total. The minimum Gasteiger partial charge on any atom is -0.388 e. The van der Waals surface area contributed by atoms with Crippen molar-refractivity contribution in [2.45, 2.75) is 63.9 Å². The lowest BCUT2D eigenvalue weighted by molar-refractivity contribution is -0.133. The van der Waals surface area contributed by atoms with Gasteiger partial charge >= 0.3 is 0 Å². The fraction of sp³-hybridized carbons (Fsp3) is 0.714. The van der Waals surface area contributed by atoms with E-state index in [0.29, 0.717) is 51.4 Å². The molecule has 1 heterocycles. The van der Waals surface area contributed by atoms with Crippen LogP contribution in [0.15, 0.2) is 24.3 Å². The molecule has 1 aromatic carbocycles. The molecule has 2 rings (SSSR count). The number of amides is 2. The Morgan fingerprint density at radius 1 is 1.15 bits per heavy atom. The number of carbonyl (C=O) groups excluding carboxylic acids is 2. The smallest absolute Gasteiger partial charge is 0.256 e. The first kappa shape index (κ1) is 36.6. The fourth-order valence-corrected chi connectivity index (χ4v) is 4.74. The molecule has 230 valence electrons. The lowest BCUT2D eigenvalue weighted by atomic mass is 10.1. The molecular weight excluding hydrogens is 561 g/mol. The summed E-state index contributed by atoms with van der Waals surface area (Å²) in [4.78, 5) is 29.8. The van der Waals surface area contributed by atoms with Crippen molar-refractivity contribution in [3.05, 3.63) is 35.6 Å². The van der Waals surface area contributed by atoms with E-state index >= 15 is 0 Å². The molecule has 40 heavy (non-hydrogen) atoms. The van der Waals surface area contributed by atoms with E-state index in [2.05, 4.69) is 0 Å². The van der Waals surface area contributed by atoms with Crippen LogP contribution in [0.4, 0.5) is 4.39 Å². The number of halogens is 2. The molecule has 1 fully saturated rings. The SMILES string of the molecule is CSCC[C@H](N)C(=O)N1CCCCOC[C@@H](O)[C@@H](O)[C@H](OCCC(C)C)CN(C(=O)c2ccccc2F)CC1.Cl. The molecule has 0 aliphatic carbocycles. The van der Waals surface area contributed by atoms with Crippen molar-refractivity contribution in [3.63, 3.8) is 0 Å². The summed E-state index contributed by atoms with van der Waals surface area (Å²) in [6, 6.07) is 5.03. The van der Waals surface area contributed by atoms with Crippen molar-refractivity contribution in [2.75, 3.05) is 58.0 Å². The zero-order valence-electron chi connectivity index (χ0n) is 23.9. The van der Waals surface area contributed by atoms with Crippen LogP contribution in [0.3, 0.4) is 0 Å². The Hall–Kier alpha value is -1.47. The zero-order valence-corrected chi connectivity index (χ0v) is 25.5. The summed E-state index contributed by atoms with van der Waals surface area (Å²) in [5, 5.41) is 21.6. The van der Waals surface area contributed by atoms with Crippen molar-refractivity contribution in [1.29, 1.82) is 0 Å². The first-order chi connectivity index (χ1) is 18.6. The molecular formula is C28H47ClFN3O6S. The Balaban J connectivity index is 0.00000800. The quantitative estimate of drug-likeness (QED) is 0.391. The largest absolute Gasteiger partial charge is 0.388 e. The Kier molecular flexibility index (Phi) is 17.9. The van der Waals surface area contributed by atoms with Crippen LogP contribution in [0.5, 0.6) is 0 Å². The number of thioether (sulfide) groups is 1. The minimum atomic E-state index is -1.34. The summed E-state index contributed by atoms with van der Waals surface area (Å²) < 4.78 is 26.2. The van der Waals surface area contributed by atoms with Crippen molar-refractivity contribution < 1.29 is 33.7 Å². The third kappa shape index (κ3) is 12.2. The lowest BCUT2D eigenvalue weighted by Crippen LogP contribution is -2.52. The van der Waals surface area contributed by atoms with Crippen LogP contribution < -0.4 is 5.73 Å². The first-order valence-electron chi connectivity index (χ1n) is 13.8. The van der Waals surface area contributed by atoms with Crippen LogP contribution in [0.2, 0.25) is 0 Å². The van der Waals surface area contributed by atoms with Crippen LogP contribution in [0.1, 0.15) is 49.9 Å². The predicted molar refractivity (Wildman–Crippen MR) is 158 cm³/mol. The van der Waals surface area contributed by atoms with Gasteiger partial charge in [0.25, 0.3) is 5.91 Å². The van der Waals surface area contributed by atoms with Gasteiger partial charge in [0.05, 0.1) is 18.2 Å². The molecule has 0 radical (unpaired) electrons. The first-order valence-corrected chi connectivity index (χ1v) is 15.2. The number of benzene rings is 1. The molecule has 1 aromatic rings. The van der Waals surface area contributed by atoms with Gasteiger partial charge in [0.2, 0.25) is 5.91 Å². The Labute approximate surface area is 248 Å². The normalized spacial score (nSPS) is 22.4. The second-order valence-electron chi connectivity index (χ2n) is 10.4. The van der Waals surface area contributed by atoms with Crippen molar-refractivity contribution in [1.82, 2.24) is 9.80 Å². The highest BCUT2D eigenvalue weighted by Gasteiger charge is 2.32. The van der Waals surface area contributed by atoms with Crippen molar-refractivity contribution in [2.24, 2.45) is 11.7 Å². The second-order valence-corrected chi connectivity index (χ2v) is 11.4. The van der Waals surface area contributed by atoms with E-state index in [4.69, 9.17) is 15.2 Å². The molecule has 1 saturated heterocycles. The number of aliphatic hydroxyl groups excluding tert-OH is 2. The number of rotatable bonds is 9. The van der Waals surface area contributed by atoms with Crippen LogP contribution >= 0.6 is 24.2 Å². The van der Waals surface area contributed by atoms with Gasteiger partial charge in [-0.3, -0.25) is 9.59 Å². The molecule has 12 heteroatoms. The number of carbonyl (C=O) groups is 2. The van der Waals surface area contributed by atoms with Gasteiger partial charge in [-0.05, 0) is 55.7 Å². The van der Waals surface area contributed by atoms with E-state index < -0.39 is 36.1 Å². The summed E-state index contributed by atoms with van der Waals surface area (Å²) in [5.41, 5.74) is 6.08. The van der Waals surface area contributed by atoms with Gasteiger partial charge in [-0.2, -0.15) is 11.8 Å². The Morgan fingerprint density at radius 3 is 2.52 bits per heavy atom. The molecule has 2 amide bonds. The molecule has 0 saturated carbocycles. The van der Waals surface area contributed by atoms with Gasteiger partial charge in [0, 0.05) is 39.4 Å². The van der Waals surface area contributed by atoms with E-state index in [1.807, 2.05) is 20.1 Å². The van der Waals surface area contributed by atoms with Crippen LogP contribution in [-0.2, 0) is 14.3 Å². The maximum Gasteiger partial charge on any atom is 0.256 e. The Morgan fingerprint density at radius 2 is 1.85 bits per heavy atom. The molecule has 1 aliphatic heterocycles. The number of nitrogens with two attached hydrogens (primary N) is 1. The summed E-state index contributed by atoms with van der Waals surface area (Å²) in [7, 11) is 0. The monoisotopic (exact) mass is 607 g/mol. The van der Waals surface area contributed by atoms with Gasteiger partial charge in [0.1, 0.15) is 24.1 Å². The van der Waals surface area contributed by atoms with E-state index in [1.165, 1.54) is 23.1 Å². The minimum absolute atomic E-state index is 0. The average molecular weight is 608 g/mol. The number of nitrogens with zero attached hydrogens (tertiary/aromatic N) is 2. The van der Waals surface area contributed by atoms with Crippen molar-refractivity contribution in [3.8, 4) is 0 Å². The number of aliphatic hydroxyl groups is 2. The highest BCUT2D eigenvalue weighted by atomic mass is 35.5. The average Bonchev–Trinajstić information content (AvgIpc) is 2.91. The highest BCUT2D eigenvalue weighted by molar-refractivity contribution is 7.98. The molecule has 0 bridgehead atoms. The van der Waals surface area contributed by atoms with Gasteiger partial charge in [-0.15, -0.1) is 12.4 Å². The summed E-state index contributed by atoms with van der Waals surface area (Å²) in [6.07, 6.45) is 0.968. The van der Waals surface area contributed by atoms with Crippen LogP contribution in [-0.4, -0.2) is 114 Å². The summed E-state index contributed by atoms with van der Waals surface area (Å²) in [6.45, 7) is 5.24. The zero-order chi connectivity index (χ0) is 28.8. The van der Waals surface area contributed by atoms with Gasteiger partial charge in [-0.25, -0.2) is 4.39 Å². The molecule has 0 spiro atoms. The maximum atomic E-state index is 14.6. The fourth-order valence-electron chi connectivity index (χ4n) is 4.25. The number of ether oxygens (including phenoxy) is 2. The second kappa shape index (κ2) is 19.6. The number of hydrogen-bond acceptors (Lipinski definition) is 8. The lowest BCUT2D eigenvalue weighted by Gasteiger charge is -2.34. The molecule has 0 aromatic heterocycles. The third-order valence-corrected chi connectivity index (χ3v) is 7.40. The summed E-state index contributed by atoms with van der Waals surface area (Å²) in [5.74, 6) is -0.354. The van der Waals surface area contributed by atoms with E-state index in [9.17, 15) is 24.2 Å². The van der Waals surface area contributed by atoms with Crippen LogP contribution in [0.25, 0.3) is 0 Å². The van der Waals surface area contributed by atoms with Crippen molar-refractivity contribution >= 4 is 36.0 Å². The molecule has 4 atom stereocenters. The molecule has 1 aliphatic rings. The summed E-state index contributed by atoms with van der Waals surface area (Å²) >= 11 is 1.62. The predicted octanol–water partition coefficient (Wildman–Crippen LogP) is 2.56. The molecule has 0 unspecified atom stereocenters. The Bertz CT molecular complexity index is 886.